The number of amides is 1. The van der Waals surface area contributed by atoms with Crippen molar-refractivity contribution >= 4 is 23.2 Å². The minimum atomic E-state index is -0.368. The molecule has 1 amide bonds. The maximum Gasteiger partial charge on any atom is 0.243 e. The molecule has 0 radical (unpaired) electrons. The highest BCUT2D eigenvalue weighted by Crippen LogP contribution is 2.36. The minimum absolute atomic E-state index is 0.0769. The zero-order valence-corrected chi connectivity index (χ0v) is 15.7. The molecule has 0 aromatic heterocycles. The summed E-state index contributed by atoms with van der Waals surface area (Å²) >= 11 is 6.10. The first-order chi connectivity index (χ1) is 12.5. The van der Waals surface area contributed by atoms with Crippen molar-refractivity contribution in [3.63, 3.8) is 0 Å². The summed E-state index contributed by atoms with van der Waals surface area (Å²) in [5.74, 6) is 0.790. The maximum absolute atomic E-state index is 12.7. The Balaban J connectivity index is 1.70. The normalized spacial score (nSPS) is 19.2. The molecule has 1 heterocycles. The van der Waals surface area contributed by atoms with Crippen LogP contribution in [0.25, 0.3) is 0 Å². The lowest BCUT2D eigenvalue weighted by atomic mass is 10.0. The van der Waals surface area contributed by atoms with E-state index in [1.165, 1.54) is 19.8 Å². The van der Waals surface area contributed by atoms with Gasteiger partial charge in [-0.2, -0.15) is 0 Å². The van der Waals surface area contributed by atoms with Crippen LogP contribution in [0, 0.1) is 6.92 Å². The lowest BCUT2D eigenvalue weighted by Gasteiger charge is -2.15. The molecule has 26 heavy (non-hydrogen) atoms. The van der Waals surface area contributed by atoms with Gasteiger partial charge in [0.2, 0.25) is 5.91 Å². The zero-order chi connectivity index (χ0) is 18.7. The summed E-state index contributed by atoms with van der Waals surface area (Å²) < 4.78 is 10.5. The van der Waals surface area contributed by atoms with Crippen molar-refractivity contribution in [2.45, 2.75) is 25.4 Å². The number of hydrogen-bond acceptors (Lipinski definition) is 5. The molecule has 1 aliphatic heterocycles. The third-order valence-corrected chi connectivity index (χ3v) is 4.73. The van der Waals surface area contributed by atoms with Gasteiger partial charge >= 0.3 is 0 Å². The van der Waals surface area contributed by atoms with Gasteiger partial charge < -0.3 is 14.8 Å². The predicted octanol–water partition coefficient (Wildman–Crippen LogP) is 3.21. The van der Waals surface area contributed by atoms with E-state index in [-0.39, 0.29) is 18.0 Å². The van der Waals surface area contributed by atoms with Crippen LogP contribution < -0.4 is 25.6 Å². The van der Waals surface area contributed by atoms with Gasteiger partial charge in [0.05, 0.1) is 24.9 Å². The van der Waals surface area contributed by atoms with E-state index in [9.17, 15) is 4.79 Å². The van der Waals surface area contributed by atoms with E-state index in [1.807, 2.05) is 6.92 Å². The Bertz CT molecular complexity index is 795. The Labute approximate surface area is 157 Å². The molecular formula is C19H22ClN3O3. The zero-order valence-electron chi connectivity index (χ0n) is 14.9. The Morgan fingerprint density at radius 1 is 1.12 bits per heavy atom. The fourth-order valence-corrected chi connectivity index (χ4v) is 3.15. The van der Waals surface area contributed by atoms with E-state index in [1.54, 1.807) is 12.1 Å². The Kier molecular flexibility index (Phi) is 5.66. The van der Waals surface area contributed by atoms with Crippen LogP contribution in [0.2, 0.25) is 5.02 Å². The lowest BCUT2D eigenvalue weighted by molar-refractivity contribution is -0.117. The van der Waals surface area contributed by atoms with E-state index >= 15 is 0 Å². The molecule has 6 nitrogen and oxygen atoms in total. The minimum Gasteiger partial charge on any atom is -0.495 e. The van der Waals surface area contributed by atoms with Crippen molar-refractivity contribution in [1.82, 2.24) is 10.9 Å². The highest BCUT2D eigenvalue weighted by atomic mass is 35.5. The molecule has 1 fully saturated rings. The molecule has 1 saturated heterocycles. The second-order valence-electron chi connectivity index (χ2n) is 6.22. The number of nitrogens with one attached hydrogen (secondary N) is 3. The van der Waals surface area contributed by atoms with Crippen LogP contribution in [0.4, 0.5) is 5.69 Å². The van der Waals surface area contributed by atoms with Crippen LogP contribution in [0.1, 0.15) is 23.6 Å². The third-order valence-electron chi connectivity index (χ3n) is 4.43. The summed E-state index contributed by atoms with van der Waals surface area (Å²) in [6.07, 6.45) is 0.641. The number of hydrazine groups is 1. The second-order valence-corrected chi connectivity index (χ2v) is 6.62. The van der Waals surface area contributed by atoms with Crippen LogP contribution in [0.15, 0.2) is 36.4 Å². The van der Waals surface area contributed by atoms with Gasteiger partial charge in [-0.25, -0.2) is 10.9 Å². The highest BCUT2D eigenvalue weighted by molar-refractivity contribution is 6.32. The number of carbonyl (C=O) groups excluding carboxylic acids is 1. The van der Waals surface area contributed by atoms with Gasteiger partial charge in [-0.3, -0.25) is 4.79 Å². The monoisotopic (exact) mass is 375 g/mol. The van der Waals surface area contributed by atoms with Crippen molar-refractivity contribution in [3.05, 3.63) is 52.5 Å². The number of anilines is 1. The number of benzene rings is 2. The van der Waals surface area contributed by atoms with Gasteiger partial charge in [0.1, 0.15) is 17.5 Å². The number of carbonyl (C=O) groups is 1. The van der Waals surface area contributed by atoms with E-state index < -0.39 is 0 Å². The highest BCUT2D eigenvalue weighted by Gasteiger charge is 2.30. The molecule has 2 aromatic rings. The summed E-state index contributed by atoms with van der Waals surface area (Å²) in [5, 5.41) is 3.30. The number of methoxy groups -OCH3 is 2. The van der Waals surface area contributed by atoms with Gasteiger partial charge in [0.15, 0.2) is 0 Å². The van der Waals surface area contributed by atoms with E-state index in [2.05, 4.69) is 40.4 Å². The second kappa shape index (κ2) is 7.95. The van der Waals surface area contributed by atoms with Crippen molar-refractivity contribution in [3.8, 4) is 11.5 Å². The Morgan fingerprint density at radius 2 is 1.81 bits per heavy atom. The van der Waals surface area contributed by atoms with Crippen LogP contribution >= 0.6 is 11.6 Å². The molecular weight excluding hydrogens is 354 g/mol. The molecule has 0 aliphatic carbocycles. The quantitative estimate of drug-likeness (QED) is 0.748. The molecule has 3 rings (SSSR count). The topological polar surface area (TPSA) is 71.6 Å². The molecule has 7 heteroatoms. The molecule has 2 aromatic carbocycles. The fourth-order valence-electron chi connectivity index (χ4n) is 2.92. The SMILES string of the molecule is COc1cc(NC(=O)C2CC(c3ccc(C)cc3)NN2)c(OC)cc1Cl. The third kappa shape index (κ3) is 3.93. The van der Waals surface area contributed by atoms with Crippen molar-refractivity contribution in [2.75, 3.05) is 19.5 Å². The summed E-state index contributed by atoms with van der Waals surface area (Å²) in [6.45, 7) is 2.05. The molecule has 0 saturated carbocycles. The summed E-state index contributed by atoms with van der Waals surface area (Å²) in [6, 6.07) is 11.2. The maximum atomic E-state index is 12.7. The van der Waals surface area contributed by atoms with Crippen molar-refractivity contribution in [1.29, 1.82) is 0 Å². The molecule has 1 aliphatic rings. The number of aryl methyl sites for hydroxylation is 1. The molecule has 2 atom stereocenters. The smallest absolute Gasteiger partial charge is 0.243 e. The van der Waals surface area contributed by atoms with Crippen LogP contribution in [-0.2, 0) is 4.79 Å². The Morgan fingerprint density at radius 3 is 2.46 bits per heavy atom. The average Bonchev–Trinajstić information content (AvgIpc) is 3.13. The van der Waals surface area contributed by atoms with Gasteiger partial charge in [-0.05, 0) is 18.9 Å². The van der Waals surface area contributed by atoms with E-state index in [0.29, 0.717) is 28.6 Å². The number of hydrogen-bond donors (Lipinski definition) is 3. The van der Waals surface area contributed by atoms with Gasteiger partial charge in [0, 0.05) is 18.2 Å². The van der Waals surface area contributed by atoms with Gasteiger partial charge in [-0.1, -0.05) is 41.4 Å². The van der Waals surface area contributed by atoms with Crippen molar-refractivity contribution in [2.24, 2.45) is 0 Å². The molecule has 0 spiro atoms. The number of ether oxygens (including phenoxy) is 2. The first kappa shape index (κ1) is 18.5. The first-order valence-corrected chi connectivity index (χ1v) is 8.69. The molecule has 0 bridgehead atoms. The predicted molar refractivity (Wildman–Crippen MR) is 102 cm³/mol. The van der Waals surface area contributed by atoms with Gasteiger partial charge in [-0.15, -0.1) is 0 Å². The standard InChI is InChI=1S/C19H22ClN3O3/c1-11-4-6-12(7-5-11)14-9-16(23-22-14)19(24)21-15-10-17(25-2)13(20)8-18(15)26-3/h4-8,10,14,16,22-23H,9H2,1-3H3,(H,21,24). The Hall–Kier alpha value is -2.28. The number of halogens is 1. The van der Waals surface area contributed by atoms with Gasteiger partial charge in [0.25, 0.3) is 0 Å². The summed E-state index contributed by atoms with van der Waals surface area (Å²) in [7, 11) is 3.05. The van der Waals surface area contributed by atoms with Crippen molar-refractivity contribution < 1.29 is 14.3 Å². The van der Waals surface area contributed by atoms with E-state index in [0.717, 1.165) is 5.56 Å². The largest absolute Gasteiger partial charge is 0.495 e. The first-order valence-electron chi connectivity index (χ1n) is 8.32. The fraction of sp³-hybridized carbons (Fsp3) is 0.316. The van der Waals surface area contributed by atoms with Crippen LogP contribution in [-0.4, -0.2) is 26.2 Å². The average molecular weight is 376 g/mol. The summed E-state index contributed by atoms with van der Waals surface area (Å²) in [5.41, 5.74) is 9.10. The lowest BCUT2D eigenvalue weighted by Crippen LogP contribution is -2.39. The van der Waals surface area contributed by atoms with Crippen LogP contribution in [0.5, 0.6) is 11.5 Å². The van der Waals surface area contributed by atoms with E-state index in [4.69, 9.17) is 21.1 Å². The molecule has 138 valence electrons. The number of rotatable bonds is 5. The summed E-state index contributed by atoms with van der Waals surface area (Å²) in [4.78, 5) is 12.7. The molecule has 3 N–H and O–H groups in total. The van der Waals surface area contributed by atoms with Crippen LogP contribution in [0.3, 0.4) is 0 Å². The molecule has 2 unspecified atom stereocenters.